The Kier molecular flexibility index (Phi) is 4.81. The van der Waals surface area contributed by atoms with Gasteiger partial charge in [-0.1, -0.05) is 51.4 Å². The second-order valence-corrected chi connectivity index (χ2v) is 13.5. The summed E-state index contributed by atoms with van der Waals surface area (Å²) in [6, 6.07) is 0. The SMILES string of the molecule is COC(=O)[C@]12CCC(C)(C)C[C@H]1C1=CC[C@@H]3[C@@]4(C)CCC(=NO)[C@@H]4CC[C@@]3(C)[C@]1(C)CC2. The molecule has 0 aromatic rings. The molecule has 4 nitrogen and oxygen atoms in total. The van der Waals surface area contributed by atoms with Gasteiger partial charge in [0.05, 0.1) is 18.2 Å². The van der Waals surface area contributed by atoms with Crippen molar-refractivity contribution in [1.82, 2.24) is 0 Å². The number of fused-ring (bicyclic) bond motifs is 7. The van der Waals surface area contributed by atoms with E-state index in [0.717, 1.165) is 63.5 Å². The number of hydrogen-bond acceptors (Lipinski definition) is 4. The Morgan fingerprint density at radius 3 is 2.44 bits per heavy atom. The normalized spacial score (nSPS) is 50.5. The molecule has 7 atom stereocenters. The second-order valence-electron chi connectivity index (χ2n) is 13.5. The maximum absolute atomic E-state index is 13.3. The minimum absolute atomic E-state index is 0.0310. The van der Waals surface area contributed by atoms with Crippen LogP contribution in [0.25, 0.3) is 0 Å². The Hall–Kier alpha value is -1.32. The summed E-state index contributed by atoms with van der Waals surface area (Å²) in [6.07, 6.45) is 13.3. The van der Waals surface area contributed by atoms with Crippen LogP contribution in [0.15, 0.2) is 16.8 Å². The predicted molar refractivity (Wildman–Crippen MR) is 126 cm³/mol. The standard InChI is InChI=1S/C28H43NO3/c1-24(2)13-15-28(23(30)32-6)16-14-26(4)18(20(28)17-24)7-8-22-25(3)11-10-21(29-31)19(25)9-12-27(22,26)5/h7,19-20,22,31H,8-17H2,1-6H3/t19-,20-,22+,25-,26+,27+,28-/m0/s1. The number of hydrogen-bond donors (Lipinski definition) is 1. The molecule has 0 aromatic heterocycles. The van der Waals surface area contributed by atoms with Gasteiger partial charge in [0, 0.05) is 5.92 Å². The van der Waals surface area contributed by atoms with Crippen LogP contribution in [0.3, 0.4) is 0 Å². The van der Waals surface area contributed by atoms with Gasteiger partial charge in [0.2, 0.25) is 0 Å². The van der Waals surface area contributed by atoms with Crippen molar-refractivity contribution >= 4 is 11.7 Å². The largest absolute Gasteiger partial charge is 0.469 e. The first-order valence-corrected chi connectivity index (χ1v) is 13.0. The average molecular weight is 442 g/mol. The fraction of sp³-hybridized carbons (Fsp3) is 0.857. The molecule has 4 saturated carbocycles. The minimum atomic E-state index is -0.329. The van der Waals surface area contributed by atoms with E-state index in [9.17, 15) is 10.0 Å². The van der Waals surface area contributed by atoms with E-state index >= 15 is 0 Å². The molecule has 32 heavy (non-hydrogen) atoms. The molecule has 0 bridgehead atoms. The third-order valence-electron chi connectivity index (χ3n) is 11.9. The van der Waals surface area contributed by atoms with Crippen LogP contribution in [0.5, 0.6) is 0 Å². The fourth-order valence-electron chi connectivity index (χ4n) is 9.77. The van der Waals surface area contributed by atoms with Gasteiger partial charge in [-0.05, 0) is 97.7 Å². The average Bonchev–Trinajstić information content (AvgIpc) is 3.09. The van der Waals surface area contributed by atoms with Crippen LogP contribution in [0.4, 0.5) is 0 Å². The highest BCUT2D eigenvalue weighted by Gasteiger charge is 2.68. The Balaban J connectivity index is 1.60. The number of esters is 1. The first-order valence-electron chi connectivity index (χ1n) is 13.0. The summed E-state index contributed by atoms with van der Waals surface area (Å²) in [4.78, 5) is 13.3. The van der Waals surface area contributed by atoms with E-state index in [-0.39, 0.29) is 33.0 Å². The van der Waals surface area contributed by atoms with Crippen LogP contribution in [0.2, 0.25) is 0 Å². The number of oxime groups is 1. The Labute approximate surface area is 194 Å². The van der Waals surface area contributed by atoms with Gasteiger partial charge < -0.3 is 9.94 Å². The fourth-order valence-corrected chi connectivity index (χ4v) is 9.77. The van der Waals surface area contributed by atoms with Crippen LogP contribution < -0.4 is 0 Å². The van der Waals surface area contributed by atoms with Crippen molar-refractivity contribution in [3.63, 3.8) is 0 Å². The molecule has 0 aliphatic heterocycles. The first-order chi connectivity index (χ1) is 15.0. The highest BCUT2D eigenvalue weighted by molar-refractivity contribution is 5.89. The lowest BCUT2D eigenvalue weighted by molar-refractivity contribution is -0.173. The molecule has 1 N–H and O–H groups in total. The van der Waals surface area contributed by atoms with Crippen LogP contribution >= 0.6 is 0 Å². The first kappa shape index (κ1) is 22.5. The second kappa shape index (κ2) is 6.85. The summed E-state index contributed by atoms with van der Waals surface area (Å²) in [5, 5.41) is 13.4. The maximum atomic E-state index is 13.3. The van der Waals surface area contributed by atoms with E-state index in [1.54, 1.807) is 12.7 Å². The third kappa shape index (κ3) is 2.61. The van der Waals surface area contributed by atoms with Crippen LogP contribution in [0, 0.1) is 44.8 Å². The third-order valence-corrected chi connectivity index (χ3v) is 11.9. The summed E-state index contributed by atoms with van der Waals surface area (Å²) >= 11 is 0. The van der Waals surface area contributed by atoms with E-state index in [1.807, 2.05) is 0 Å². The number of carbonyl (C=O) groups excluding carboxylic acids is 1. The zero-order valence-corrected chi connectivity index (χ0v) is 21.1. The zero-order valence-electron chi connectivity index (χ0n) is 21.1. The summed E-state index contributed by atoms with van der Waals surface area (Å²) < 4.78 is 5.46. The number of methoxy groups -OCH3 is 1. The molecule has 4 fully saturated rings. The van der Waals surface area contributed by atoms with E-state index in [2.05, 4.69) is 45.9 Å². The lowest BCUT2D eigenvalue weighted by Crippen LogP contribution is -2.62. The minimum Gasteiger partial charge on any atom is -0.469 e. The van der Waals surface area contributed by atoms with E-state index in [1.165, 1.54) is 6.42 Å². The molecule has 178 valence electrons. The van der Waals surface area contributed by atoms with Crippen molar-refractivity contribution < 1.29 is 14.7 Å². The monoisotopic (exact) mass is 441 g/mol. The summed E-state index contributed by atoms with van der Waals surface area (Å²) in [5.74, 6) is 1.36. The van der Waals surface area contributed by atoms with Crippen molar-refractivity contribution in [1.29, 1.82) is 0 Å². The molecule has 0 saturated heterocycles. The smallest absolute Gasteiger partial charge is 0.312 e. The molecule has 5 aliphatic rings. The van der Waals surface area contributed by atoms with Gasteiger partial charge in [0.1, 0.15) is 0 Å². The highest BCUT2D eigenvalue weighted by Crippen LogP contribution is 2.74. The van der Waals surface area contributed by atoms with Gasteiger partial charge in [0.25, 0.3) is 0 Å². The van der Waals surface area contributed by atoms with E-state index in [4.69, 9.17) is 4.74 Å². The Morgan fingerprint density at radius 2 is 1.75 bits per heavy atom. The molecule has 0 aromatic carbocycles. The molecule has 5 aliphatic carbocycles. The molecule has 0 radical (unpaired) electrons. The van der Waals surface area contributed by atoms with Crippen LogP contribution in [0.1, 0.15) is 98.8 Å². The lowest BCUT2D eigenvalue weighted by atomic mass is 9.36. The van der Waals surface area contributed by atoms with Crippen LogP contribution in [-0.4, -0.2) is 24.0 Å². The van der Waals surface area contributed by atoms with Crippen molar-refractivity contribution in [3.05, 3.63) is 11.6 Å². The number of allylic oxidation sites excluding steroid dienone is 2. The number of ether oxygens (including phenoxy) is 1. The quantitative estimate of drug-likeness (QED) is 0.211. The van der Waals surface area contributed by atoms with Gasteiger partial charge in [-0.3, -0.25) is 4.79 Å². The lowest BCUT2D eigenvalue weighted by Gasteiger charge is -2.68. The van der Waals surface area contributed by atoms with Crippen molar-refractivity contribution in [2.45, 2.75) is 98.8 Å². The van der Waals surface area contributed by atoms with Gasteiger partial charge >= 0.3 is 5.97 Å². The van der Waals surface area contributed by atoms with Crippen molar-refractivity contribution in [3.8, 4) is 0 Å². The number of nitrogens with zero attached hydrogens (tertiary/aromatic N) is 1. The van der Waals surface area contributed by atoms with Crippen LogP contribution in [-0.2, 0) is 9.53 Å². The number of carbonyl (C=O) groups is 1. The van der Waals surface area contributed by atoms with E-state index in [0.29, 0.717) is 17.8 Å². The molecule has 4 heteroatoms. The van der Waals surface area contributed by atoms with Crippen molar-refractivity contribution in [2.75, 3.05) is 7.11 Å². The maximum Gasteiger partial charge on any atom is 0.312 e. The zero-order chi connectivity index (χ0) is 23.2. The molecule has 0 amide bonds. The predicted octanol–water partition coefficient (Wildman–Crippen LogP) is 6.77. The van der Waals surface area contributed by atoms with Gasteiger partial charge in [-0.15, -0.1) is 0 Å². The Morgan fingerprint density at radius 1 is 1.03 bits per heavy atom. The van der Waals surface area contributed by atoms with Crippen molar-refractivity contribution in [2.24, 2.45) is 50.0 Å². The number of rotatable bonds is 1. The van der Waals surface area contributed by atoms with Gasteiger partial charge in [0.15, 0.2) is 0 Å². The molecule has 0 spiro atoms. The highest BCUT2D eigenvalue weighted by atomic mass is 16.5. The molecular formula is C28H43NO3. The topological polar surface area (TPSA) is 58.9 Å². The summed E-state index contributed by atoms with van der Waals surface area (Å²) in [5.41, 5.74) is 3.11. The summed E-state index contributed by atoms with van der Waals surface area (Å²) in [7, 11) is 1.58. The van der Waals surface area contributed by atoms with Gasteiger partial charge in [-0.2, -0.15) is 0 Å². The Bertz CT molecular complexity index is 889. The molecule has 0 heterocycles. The molecular weight excluding hydrogens is 398 g/mol. The van der Waals surface area contributed by atoms with Gasteiger partial charge in [-0.25, -0.2) is 0 Å². The molecule has 5 rings (SSSR count). The summed E-state index contributed by atoms with van der Waals surface area (Å²) in [6.45, 7) is 12.3. The molecule has 0 unspecified atom stereocenters. The van der Waals surface area contributed by atoms with E-state index < -0.39 is 0 Å².